The summed E-state index contributed by atoms with van der Waals surface area (Å²) < 4.78 is 25.0. The average molecular weight is 279 g/mol. The van der Waals surface area contributed by atoms with Crippen LogP contribution in [0.5, 0.6) is 0 Å². The number of fused-ring (bicyclic) bond motifs is 1. The van der Waals surface area contributed by atoms with Crippen LogP contribution in [-0.2, 0) is 9.84 Å². The van der Waals surface area contributed by atoms with Gasteiger partial charge in [0.2, 0.25) is 0 Å². The molecule has 19 heavy (non-hydrogen) atoms. The van der Waals surface area contributed by atoms with Gasteiger partial charge in [-0.05, 0) is 56.2 Å². The fourth-order valence-corrected chi connectivity index (χ4v) is 5.03. The molecule has 1 heterocycles. The van der Waals surface area contributed by atoms with Gasteiger partial charge in [-0.15, -0.1) is 0 Å². The van der Waals surface area contributed by atoms with E-state index >= 15 is 0 Å². The van der Waals surface area contributed by atoms with E-state index in [4.69, 9.17) is 0 Å². The van der Waals surface area contributed by atoms with Crippen molar-refractivity contribution in [2.45, 2.75) is 56.5 Å². The van der Waals surface area contributed by atoms with E-state index in [1.54, 1.807) is 0 Å². The van der Waals surface area contributed by atoms with Gasteiger partial charge in [0.05, 0.1) is 10.6 Å². The first kappa shape index (κ1) is 13.1. The third kappa shape index (κ3) is 2.43. The fraction of sp³-hybridized carbons (Fsp3) is 0.600. The van der Waals surface area contributed by atoms with Gasteiger partial charge in [0.15, 0.2) is 9.84 Å². The van der Waals surface area contributed by atoms with E-state index in [-0.39, 0.29) is 11.8 Å². The molecule has 1 unspecified atom stereocenters. The highest BCUT2D eigenvalue weighted by Gasteiger charge is 2.33. The molecule has 3 rings (SSSR count). The lowest BCUT2D eigenvalue weighted by atomic mass is 9.95. The quantitative estimate of drug-likeness (QED) is 0.905. The van der Waals surface area contributed by atoms with E-state index in [1.807, 2.05) is 19.9 Å². The number of rotatable bonds is 2. The van der Waals surface area contributed by atoms with Crippen molar-refractivity contribution < 1.29 is 8.42 Å². The molecule has 2 aliphatic rings. The zero-order chi connectivity index (χ0) is 13.6. The Balaban J connectivity index is 2.16. The van der Waals surface area contributed by atoms with Crippen molar-refractivity contribution in [1.82, 2.24) is 5.32 Å². The van der Waals surface area contributed by atoms with Crippen molar-refractivity contribution in [2.75, 3.05) is 5.75 Å². The van der Waals surface area contributed by atoms with E-state index in [9.17, 15) is 8.42 Å². The van der Waals surface area contributed by atoms with Crippen LogP contribution in [0.1, 0.15) is 48.4 Å². The second-order valence-electron chi connectivity index (χ2n) is 5.90. The molecule has 1 fully saturated rings. The molecule has 0 bridgehead atoms. The maximum atomic E-state index is 12.5. The minimum Gasteiger partial charge on any atom is -0.307 e. The van der Waals surface area contributed by atoms with Crippen molar-refractivity contribution in [1.29, 1.82) is 0 Å². The van der Waals surface area contributed by atoms with Gasteiger partial charge in [-0.2, -0.15) is 0 Å². The van der Waals surface area contributed by atoms with Crippen LogP contribution in [0.25, 0.3) is 0 Å². The Labute approximate surface area is 115 Å². The van der Waals surface area contributed by atoms with Gasteiger partial charge >= 0.3 is 0 Å². The number of nitrogens with one attached hydrogen (secondary N) is 1. The van der Waals surface area contributed by atoms with E-state index in [0.717, 1.165) is 29.5 Å². The molecule has 1 aromatic carbocycles. The van der Waals surface area contributed by atoms with E-state index < -0.39 is 9.84 Å². The second-order valence-corrected chi connectivity index (χ2v) is 7.94. The highest BCUT2D eigenvalue weighted by atomic mass is 32.2. The summed E-state index contributed by atoms with van der Waals surface area (Å²) in [5.41, 5.74) is 3.03. The lowest BCUT2D eigenvalue weighted by Gasteiger charge is -2.22. The first-order chi connectivity index (χ1) is 8.99. The molecular weight excluding hydrogens is 258 g/mol. The van der Waals surface area contributed by atoms with Crippen LogP contribution < -0.4 is 5.32 Å². The zero-order valence-corrected chi connectivity index (χ0v) is 12.4. The molecule has 1 atom stereocenters. The molecule has 1 N–H and O–H groups in total. The Kier molecular flexibility index (Phi) is 3.18. The largest absolute Gasteiger partial charge is 0.307 e. The van der Waals surface area contributed by atoms with Crippen molar-refractivity contribution in [2.24, 2.45) is 0 Å². The van der Waals surface area contributed by atoms with Crippen LogP contribution in [0.4, 0.5) is 0 Å². The summed E-state index contributed by atoms with van der Waals surface area (Å²) >= 11 is 0. The topological polar surface area (TPSA) is 46.2 Å². The molecule has 3 nitrogen and oxygen atoms in total. The molecule has 104 valence electrons. The van der Waals surface area contributed by atoms with Crippen LogP contribution in [0.15, 0.2) is 17.0 Å². The van der Waals surface area contributed by atoms with E-state index in [1.165, 1.54) is 12.8 Å². The van der Waals surface area contributed by atoms with Crippen molar-refractivity contribution in [3.05, 3.63) is 28.8 Å². The normalized spacial score (nSPS) is 25.7. The number of benzene rings is 1. The minimum absolute atomic E-state index is 0.208. The fourth-order valence-electron chi connectivity index (χ4n) is 3.08. The van der Waals surface area contributed by atoms with E-state index in [0.29, 0.717) is 10.9 Å². The van der Waals surface area contributed by atoms with Crippen molar-refractivity contribution in [3.63, 3.8) is 0 Å². The molecule has 1 saturated carbocycles. The summed E-state index contributed by atoms with van der Waals surface area (Å²) in [5, 5.41) is 3.63. The second kappa shape index (κ2) is 4.60. The van der Waals surface area contributed by atoms with Crippen LogP contribution >= 0.6 is 0 Å². The number of sulfone groups is 1. The highest BCUT2D eigenvalue weighted by Crippen LogP contribution is 2.37. The zero-order valence-electron chi connectivity index (χ0n) is 11.6. The Morgan fingerprint density at radius 3 is 2.47 bits per heavy atom. The van der Waals surface area contributed by atoms with Crippen LogP contribution in [0.3, 0.4) is 0 Å². The van der Waals surface area contributed by atoms with Gasteiger partial charge in [0, 0.05) is 12.1 Å². The van der Waals surface area contributed by atoms with Crippen LogP contribution in [0, 0.1) is 13.8 Å². The Bertz CT molecular complexity index is 603. The van der Waals surface area contributed by atoms with E-state index in [2.05, 4.69) is 11.4 Å². The number of aryl methyl sites for hydroxylation is 2. The Hall–Kier alpha value is -0.870. The third-order valence-corrected chi connectivity index (χ3v) is 6.18. The summed E-state index contributed by atoms with van der Waals surface area (Å²) in [6.07, 6.45) is 4.13. The molecular formula is C15H21NO2S. The maximum Gasteiger partial charge on any atom is 0.178 e. The number of hydrogen-bond donors (Lipinski definition) is 1. The van der Waals surface area contributed by atoms with Gasteiger partial charge in [-0.25, -0.2) is 8.42 Å². The van der Waals surface area contributed by atoms with Gasteiger partial charge in [-0.1, -0.05) is 12.1 Å². The highest BCUT2D eigenvalue weighted by molar-refractivity contribution is 7.91. The third-order valence-electron chi connectivity index (χ3n) is 4.19. The lowest BCUT2D eigenvalue weighted by Crippen LogP contribution is -2.24. The number of hydrogen-bond acceptors (Lipinski definition) is 3. The van der Waals surface area contributed by atoms with Gasteiger partial charge in [0.25, 0.3) is 0 Å². The van der Waals surface area contributed by atoms with Crippen LogP contribution in [-0.4, -0.2) is 20.2 Å². The summed E-state index contributed by atoms with van der Waals surface area (Å²) in [4.78, 5) is 0.600. The Morgan fingerprint density at radius 2 is 1.79 bits per heavy atom. The molecule has 1 aliphatic heterocycles. The average Bonchev–Trinajstić information content (AvgIpc) is 3.14. The lowest BCUT2D eigenvalue weighted by molar-refractivity contribution is 0.488. The van der Waals surface area contributed by atoms with Crippen LogP contribution in [0.2, 0.25) is 0 Å². The maximum absolute atomic E-state index is 12.5. The Morgan fingerprint density at radius 1 is 1.11 bits per heavy atom. The molecule has 0 amide bonds. The monoisotopic (exact) mass is 279 g/mol. The standard InChI is InChI=1S/C15H21NO2S/c1-10-5-6-11(2)15-14(10)13(16-12-7-8-12)4-3-9-19(15,17)18/h5-6,12-13,16H,3-4,7-9H2,1-2H3. The summed E-state index contributed by atoms with van der Waals surface area (Å²) in [6, 6.07) is 4.79. The van der Waals surface area contributed by atoms with Crippen molar-refractivity contribution in [3.8, 4) is 0 Å². The van der Waals surface area contributed by atoms with Gasteiger partial charge < -0.3 is 5.32 Å². The van der Waals surface area contributed by atoms with Gasteiger partial charge in [-0.3, -0.25) is 0 Å². The molecule has 0 aromatic heterocycles. The molecule has 4 heteroatoms. The summed E-state index contributed by atoms with van der Waals surface area (Å²) in [6.45, 7) is 3.94. The first-order valence-electron chi connectivity index (χ1n) is 7.08. The molecule has 1 aromatic rings. The summed E-state index contributed by atoms with van der Waals surface area (Å²) in [5.74, 6) is 0.285. The smallest absolute Gasteiger partial charge is 0.178 e. The molecule has 0 radical (unpaired) electrons. The molecule has 0 saturated heterocycles. The first-order valence-corrected chi connectivity index (χ1v) is 8.73. The van der Waals surface area contributed by atoms with Gasteiger partial charge in [0.1, 0.15) is 0 Å². The van der Waals surface area contributed by atoms with Crippen molar-refractivity contribution >= 4 is 9.84 Å². The predicted octanol–water partition coefficient (Wildman–Crippen LogP) is 2.66. The summed E-state index contributed by atoms with van der Waals surface area (Å²) in [7, 11) is -3.12. The molecule has 0 spiro atoms. The SMILES string of the molecule is Cc1ccc(C)c2c1C(NC1CC1)CCCS2(=O)=O. The predicted molar refractivity (Wildman–Crippen MR) is 76.1 cm³/mol. The minimum atomic E-state index is -3.12. The molecule has 1 aliphatic carbocycles.